The molecule has 2 atom stereocenters. The number of esters is 1. The lowest BCUT2D eigenvalue weighted by Crippen LogP contribution is -2.65. The van der Waals surface area contributed by atoms with Crippen molar-refractivity contribution in [1.82, 2.24) is 9.80 Å². The van der Waals surface area contributed by atoms with Crippen molar-refractivity contribution in [2.75, 3.05) is 25.5 Å². The van der Waals surface area contributed by atoms with Gasteiger partial charge in [0.2, 0.25) is 0 Å². The molecule has 0 radical (unpaired) electrons. The molecule has 3 aromatic rings. The first-order valence-electron chi connectivity index (χ1n) is 12.8. The van der Waals surface area contributed by atoms with E-state index in [2.05, 4.69) is 5.32 Å². The Labute approximate surface area is 240 Å². The van der Waals surface area contributed by atoms with Crippen molar-refractivity contribution >= 4 is 23.5 Å². The highest BCUT2D eigenvalue weighted by Gasteiger charge is 2.51. The van der Waals surface area contributed by atoms with E-state index in [-0.39, 0.29) is 42.0 Å². The molecular formula is C29H23F6N3O5. The molecule has 2 heterocycles. The molecule has 0 spiro atoms. The van der Waals surface area contributed by atoms with E-state index < -0.39 is 48.0 Å². The van der Waals surface area contributed by atoms with Crippen LogP contribution in [0.4, 0.5) is 32.0 Å². The molecule has 2 aliphatic heterocycles. The number of halogens is 6. The zero-order chi connectivity index (χ0) is 31.1. The summed E-state index contributed by atoms with van der Waals surface area (Å²) in [6.07, 6.45) is -11.8. The molecule has 226 valence electrons. The average Bonchev–Trinajstić information content (AvgIpc) is 3.07. The van der Waals surface area contributed by atoms with Crippen molar-refractivity contribution in [2.45, 2.75) is 31.2 Å². The molecular weight excluding hydrogens is 584 g/mol. The van der Waals surface area contributed by atoms with Gasteiger partial charge < -0.3 is 19.7 Å². The Kier molecular flexibility index (Phi) is 7.82. The molecule has 3 aromatic carbocycles. The summed E-state index contributed by atoms with van der Waals surface area (Å²) in [6.45, 7) is -0.224. The minimum absolute atomic E-state index is 0.00253. The van der Waals surface area contributed by atoms with Gasteiger partial charge in [-0.1, -0.05) is 30.3 Å². The molecule has 1 N–H and O–H groups in total. The molecule has 14 heteroatoms. The predicted octanol–water partition coefficient (Wildman–Crippen LogP) is 5.09. The maximum Gasteiger partial charge on any atom is 0.490 e. The fraction of sp³-hybridized carbons (Fsp3) is 0.276. The van der Waals surface area contributed by atoms with E-state index in [1.807, 2.05) is 0 Å². The summed E-state index contributed by atoms with van der Waals surface area (Å²) in [4.78, 5) is 41.5. The van der Waals surface area contributed by atoms with Crippen LogP contribution in [0.2, 0.25) is 0 Å². The molecule has 2 unspecified atom stereocenters. The predicted molar refractivity (Wildman–Crippen MR) is 140 cm³/mol. The number of benzene rings is 3. The lowest BCUT2D eigenvalue weighted by Gasteiger charge is -2.44. The van der Waals surface area contributed by atoms with Gasteiger partial charge in [-0.25, -0.2) is 4.79 Å². The fourth-order valence-electron chi connectivity index (χ4n) is 5.05. The zero-order valence-electron chi connectivity index (χ0n) is 22.3. The number of rotatable bonds is 5. The largest absolute Gasteiger partial charge is 0.497 e. The second kappa shape index (κ2) is 11.2. The topological polar surface area (TPSA) is 88.2 Å². The van der Waals surface area contributed by atoms with Gasteiger partial charge in [0.25, 0.3) is 11.8 Å². The molecule has 0 bridgehead atoms. The van der Waals surface area contributed by atoms with Crippen LogP contribution in [0, 0.1) is 0 Å². The minimum atomic E-state index is -5.37. The van der Waals surface area contributed by atoms with Gasteiger partial charge in [-0.15, -0.1) is 0 Å². The molecule has 8 nitrogen and oxygen atoms in total. The van der Waals surface area contributed by atoms with Gasteiger partial charge in [-0.05, 0) is 53.1 Å². The van der Waals surface area contributed by atoms with Crippen LogP contribution in [0.5, 0.6) is 5.75 Å². The Morgan fingerprint density at radius 3 is 2.28 bits per heavy atom. The van der Waals surface area contributed by atoms with Crippen molar-refractivity contribution in [1.29, 1.82) is 0 Å². The van der Waals surface area contributed by atoms with E-state index in [1.165, 1.54) is 42.3 Å². The Morgan fingerprint density at radius 1 is 0.930 bits per heavy atom. The number of ether oxygens (including phenoxy) is 2. The highest BCUT2D eigenvalue weighted by molar-refractivity contribution is 6.11. The van der Waals surface area contributed by atoms with Crippen molar-refractivity contribution in [2.24, 2.45) is 0 Å². The van der Waals surface area contributed by atoms with Crippen molar-refractivity contribution < 1.29 is 50.2 Å². The summed E-state index contributed by atoms with van der Waals surface area (Å²) in [7, 11) is 1.46. The van der Waals surface area contributed by atoms with Gasteiger partial charge in [0.15, 0.2) is 12.3 Å². The quantitative estimate of drug-likeness (QED) is 0.321. The highest BCUT2D eigenvalue weighted by atomic mass is 19.4. The highest BCUT2D eigenvalue weighted by Crippen LogP contribution is 2.36. The average molecular weight is 608 g/mol. The number of nitrogens with zero attached hydrogens (tertiary/aromatic N) is 2. The first-order valence-corrected chi connectivity index (χ1v) is 12.8. The number of alkyl halides is 6. The van der Waals surface area contributed by atoms with Crippen LogP contribution < -0.4 is 10.1 Å². The summed E-state index contributed by atoms with van der Waals surface area (Å²) >= 11 is 0. The molecule has 0 saturated carbocycles. The molecule has 0 aromatic heterocycles. The first-order chi connectivity index (χ1) is 20.3. The Bertz CT molecular complexity index is 1560. The normalized spacial score (nSPS) is 19.2. The lowest BCUT2D eigenvalue weighted by molar-refractivity contribution is -0.220. The molecule has 2 aliphatic rings. The third-order valence-corrected chi connectivity index (χ3v) is 7.16. The number of hydrogen-bond donors (Lipinski definition) is 1. The van der Waals surface area contributed by atoms with Crippen LogP contribution in [0.25, 0.3) is 11.1 Å². The van der Waals surface area contributed by atoms with E-state index in [0.29, 0.717) is 11.3 Å². The van der Waals surface area contributed by atoms with Gasteiger partial charge in [0.1, 0.15) is 5.75 Å². The van der Waals surface area contributed by atoms with E-state index in [1.54, 1.807) is 24.3 Å². The molecule has 1 saturated heterocycles. The number of methoxy groups -OCH3 is 1. The van der Waals surface area contributed by atoms with E-state index in [4.69, 9.17) is 9.47 Å². The van der Waals surface area contributed by atoms with Crippen LogP contribution in [0.1, 0.15) is 21.5 Å². The minimum Gasteiger partial charge on any atom is -0.497 e. The third kappa shape index (κ3) is 6.14. The van der Waals surface area contributed by atoms with Crippen LogP contribution in [-0.2, 0) is 27.0 Å². The summed E-state index contributed by atoms with van der Waals surface area (Å²) in [5.74, 6) is -3.68. The molecule has 0 aliphatic carbocycles. The van der Waals surface area contributed by atoms with Crippen LogP contribution in [0.3, 0.4) is 0 Å². The third-order valence-electron chi connectivity index (χ3n) is 7.16. The number of carbonyl (C=O) groups excluding carboxylic acids is 3. The van der Waals surface area contributed by atoms with Gasteiger partial charge in [-0.2, -0.15) is 26.3 Å². The van der Waals surface area contributed by atoms with Crippen LogP contribution in [0.15, 0.2) is 66.7 Å². The Morgan fingerprint density at radius 2 is 1.63 bits per heavy atom. The Hall–Kier alpha value is -4.59. The van der Waals surface area contributed by atoms with Crippen molar-refractivity contribution in [3.05, 3.63) is 83.4 Å². The summed E-state index contributed by atoms with van der Waals surface area (Å²) in [6, 6.07) is 13.4. The Balaban J connectivity index is 1.49. The van der Waals surface area contributed by atoms with Gasteiger partial charge in [0.05, 0.1) is 23.9 Å². The molecule has 43 heavy (non-hydrogen) atoms. The first kappa shape index (κ1) is 29.9. The number of nitrogens with one attached hydrogen (secondary N) is 1. The van der Waals surface area contributed by atoms with E-state index >= 15 is 0 Å². The van der Waals surface area contributed by atoms with Crippen LogP contribution >= 0.6 is 0 Å². The fourth-order valence-corrected chi connectivity index (χ4v) is 5.05. The lowest BCUT2D eigenvalue weighted by atomic mass is 9.99. The van der Waals surface area contributed by atoms with Gasteiger partial charge in [0, 0.05) is 19.6 Å². The van der Waals surface area contributed by atoms with E-state index in [9.17, 15) is 40.7 Å². The smallest absolute Gasteiger partial charge is 0.490 e. The number of carbonyl (C=O) groups is 3. The summed E-state index contributed by atoms with van der Waals surface area (Å²) in [5, 5.41) is 2.51. The maximum atomic E-state index is 13.7. The maximum absolute atomic E-state index is 13.7. The molecule has 2 amide bonds. The van der Waals surface area contributed by atoms with E-state index in [0.717, 1.165) is 17.0 Å². The standard InChI is InChI=1S/C29H23F6N3O5/c1-42-20-8-5-16(6-9-20)15-37-11-12-38-23(26(37)43-27(41)29(33,34)35)24(39)36-22-10-7-18(14-21(22)25(38)40)17-3-2-4-19(13-17)28(30,31)32/h2-10,13-14,23,26H,11-12,15H2,1H3,(H,36,39). The number of fused-ring (bicyclic) bond motifs is 2. The SMILES string of the molecule is COc1ccc(CN2CCN3C(=O)c4cc(-c5cccc(C(F)(F)F)c5)ccc4NC(=O)C3C2OC(=O)C(F)(F)F)cc1. The number of hydrogen-bond acceptors (Lipinski definition) is 6. The van der Waals surface area contributed by atoms with Gasteiger partial charge in [-0.3, -0.25) is 14.5 Å². The number of amides is 2. The van der Waals surface area contributed by atoms with Gasteiger partial charge >= 0.3 is 18.3 Å². The van der Waals surface area contributed by atoms with Crippen LogP contribution in [-0.4, -0.2) is 66.2 Å². The molecule has 1 fully saturated rings. The monoisotopic (exact) mass is 607 g/mol. The summed E-state index contributed by atoms with van der Waals surface area (Å²) < 4.78 is 89.7. The molecule has 5 rings (SSSR count). The summed E-state index contributed by atoms with van der Waals surface area (Å²) in [5.41, 5.74) is 0.0135. The number of piperazine rings is 1. The van der Waals surface area contributed by atoms with Crippen molar-refractivity contribution in [3.8, 4) is 16.9 Å². The number of anilines is 1. The van der Waals surface area contributed by atoms with Crippen molar-refractivity contribution in [3.63, 3.8) is 0 Å². The second-order valence-corrected chi connectivity index (χ2v) is 9.88. The second-order valence-electron chi connectivity index (χ2n) is 9.88. The zero-order valence-corrected chi connectivity index (χ0v) is 22.3.